The highest BCUT2D eigenvalue weighted by Crippen LogP contribution is 2.27. The number of hydrogen-bond acceptors (Lipinski definition) is 4. The van der Waals surface area contributed by atoms with Gasteiger partial charge in [0.1, 0.15) is 0 Å². The van der Waals surface area contributed by atoms with E-state index in [0.29, 0.717) is 5.71 Å². The molecule has 0 amide bonds. The fourth-order valence-electron chi connectivity index (χ4n) is 3.25. The van der Waals surface area contributed by atoms with Gasteiger partial charge in [-0.05, 0) is 31.9 Å². The second kappa shape index (κ2) is 9.48. The number of carbonyl (C=O) groups is 1. The zero-order valence-electron chi connectivity index (χ0n) is 16.9. The van der Waals surface area contributed by atoms with Gasteiger partial charge in [-0.3, -0.25) is 9.79 Å². The van der Waals surface area contributed by atoms with Crippen LogP contribution in [0, 0.1) is 0 Å². The Labute approximate surface area is 170 Å². The molecule has 1 aromatic carbocycles. The van der Waals surface area contributed by atoms with E-state index in [4.69, 9.17) is 5.73 Å². The molecule has 1 aliphatic rings. The summed E-state index contributed by atoms with van der Waals surface area (Å²) in [6, 6.07) is 5.35. The molecule has 1 aromatic rings. The normalized spacial score (nSPS) is 16.3. The molecule has 2 rings (SSSR count). The van der Waals surface area contributed by atoms with Crippen LogP contribution in [0.2, 0.25) is 0 Å². The van der Waals surface area contributed by atoms with Crippen molar-refractivity contribution in [2.75, 3.05) is 13.1 Å². The Kier molecular flexibility index (Phi) is 7.29. The summed E-state index contributed by atoms with van der Waals surface area (Å²) >= 11 is 0. The van der Waals surface area contributed by atoms with Crippen molar-refractivity contribution in [1.82, 2.24) is 4.90 Å². The molecule has 1 fully saturated rings. The van der Waals surface area contributed by atoms with E-state index in [1.165, 1.54) is 30.3 Å². The van der Waals surface area contributed by atoms with Crippen molar-refractivity contribution in [1.29, 1.82) is 0 Å². The van der Waals surface area contributed by atoms with Crippen LogP contribution in [0.1, 0.15) is 42.6 Å². The van der Waals surface area contributed by atoms with E-state index in [2.05, 4.69) is 28.8 Å². The Hall–Kier alpha value is -2.98. The van der Waals surface area contributed by atoms with Crippen LogP contribution in [-0.2, 0) is 5.92 Å². The molecule has 1 heterocycles. The number of carbonyl (C=O) groups excluding carboxylic acids is 1. The minimum atomic E-state index is -2.95. The van der Waals surface area contributed by atoms with Crippen LogP contribution in [0.15, 0.2) is 71.7 Å². The summed E-state index contributed by atoms with van der Waals surface area (Å²) in [4.78, 5) is 19.3. The Bertz CT molecular complexity index is 864. The van der Waals surface area contributed by atoms with Crippen molar-refractivity contribution >= 4 is 11.5 Å². The molecule has 0 saturated carbocycles. The first-order valence-electron chi connectivity index (χ1n) is 9.47. The number of piperidine rings is 1. The first-order valence-corrected chi connectivity index (χ1v) is 9.47. The summed E-state index contributed by atoms with van der Waals surface area (Å²) in [6.07, 6.45) is 5.01. The average molecular weight is 399 g/mol. The number of likely N-dealkylation sites (tertiary alicyclic amines) is 1. The second-order valence-corrected chi connectivity index (χ2v) is 7.15. The van der Waals surface area contributed by atoms with Crippen molar-refractivity contribution in [3.05, 3.63) is 77.8 Å². The van der Waals surface area contributed by atoms with Gasteiger partial charge in [0.2, 0.25) is 5.78 Å². The van der Waals surface area contributed by atoms with Crippen LogP contribution in [0.5, 0.6) is 0 Å². The molecule has 1 saturated heterocycles. The molecule has 0 aromatic heterocycles. The number of ketones is 1. The SMILES string of the molecule is C=C=C(C=C)N1CCC(N=C(C)/C=C(\N)C(=O)c2ccc(C(C)(F)F)cc2)CC1. The molecule has 4 nitrogen and oxygen atoms in total. The van der Waals surface area contributed by atoms with Gasteiger partial charge in [-0.2, -0.15) is 0 Å². The van der Waals surface area contributed by atoms with E-state index >= 15 is 0 Å². The molecule has 0 radical (unpaired) electrons. The zero-order valence-corrected chi connectivity index (χ0v) is 16.9. The predicted octanol–water partition coefficient (Wildman–Crippen LogP) is 4.60. The number of hydrogen-bond donors (Lipinski definition) is 1. The van der Waals surface area contributed by atoms with Crippen molar-refractivity contribution in [3.8, 4) is 0 Å². The van der Waals surface area contributed by atoms with E-state index < -0.39 is 11.7 Å². The Morgan fingerprint density at radius 2 is 1.90 bits per heavy atom. The van der Waals surface area contributed by atoms with Gasteiger partial charge in [0.25, 0.3) is 5.92 Å². The number of rotatable bonds is 7. The van der Waals surface area contributed by atoms with Gasteiger partial charge in [-0.1, -0.05) is 37.4 Å². The molecule has 1 aliphatic heterocycles. The molecule has 0 unspecified atom stereocenters. The maximum Gasteiger partial charge on any atom is 0.270 e. The van der Waals surface area contributed by atoms with Crippen LogP contribution in [0.3, 0.4) is 0 Å². The van der Waals surface area contributed by atoms with E-state index in [-0.39, 0.29) is 22.9 Å². The van der Waals surface area contributed by atoms with Crippen molar-refractivity contribution in [3.63, 3.8) is 0 Å². The van der Waals surface area contributed by atoms with Crippen LogP contribution >= 0.6 is 0 Å². The maximum atomic E-state index is 13.3. The summed E-state index contributed by atoms with van der Waals surface area (Å²) in [5.74, 6) is -3.36. The lowest BCUT2D eigenvalue weighted by molar-refractivity contribution is 0.0174. The van der Waals surface area contributed by atoms with E-state index in [9.17, 15) is 13.6 Å². The number of nitrogens with two attached hydrogens (primary N) is 1. The molecule has 0 aliphatic carbocycles. The first-order chi connectivity index (χ1) is 13.7. The van der Waals surface area contributed by atoms with Gasteiger partial charge in [0.15, 0.2) is 0 Å². The van der Waals surface area contributed by atoms with E-state index in [0.717, 1.165) is 38.6 Å². The molecule has 0 spiro atoms. The molecule has 0 atom stereocenters. The van der Waals surface area contributed by atoms with Crippen LogP contribution in [0.25, 0.3) is 0 Å². The number of allylic oxidation sites excluding steroid dienone is 3. The molecule has 2 N–H and O–H groups in total. The summed E-state index contributed by atoms with van der Waals surface area (Å²) in [6.45, 7) is 11.7. The van der Waals surface area contributed by atoms with Gasteiger partial charge in [-0.25, -0.2) is 8.78 Å². The largest absolute Gasteiger partial charge is 0.395 e. The molecule has 6 heteroatoms. The van der Waals surface area contributed by atoms with Gasteiger partial charge in [0, 0.05) is 36.9 Å². The Balaban J connectivity index is 2.02. The number of nitrogens with zero attached hydrogens (tertiary/aromatic N) is 2. The molecule has 0 bridgehead atoms. The standard InChI is InChI=1S/C23H27F2N3O/c1-5-20(6-2)28-13-11-19(12-14-28)27-16(3)15-21(26)22(29)17-7-9-18(10-8-17)23(4,24)25/h5,7-10,15,19H,1-2,11-14,26H2,3-4H3/b21-15-,27-16?. The van der Waals surface area contributed by atoms with Gasteiger partial charge >= 0.3 is 0 Å². The monoisotopic (exact) mass is 399 g/mol. The molecule has 29 heavy (non-hydrogen) atoms. The first kappa shape index (κ1) is 22.3. The zero-order chi connectivity index (χ0) is 21.6. The van der Waals surface area contributed by atoms with E-state index in [1.807, 2.05) is 0 Å². The van der Waals surface area contributed by atoms with Crippen LogP contribution in [-0.4, -0.2) is 35.5 Å². The number of halogens is 2. The Morgan fingerprint density at radius 1 is 1.31 bits per heavy atom. The van der Waals surface area contributed by atoms with Crippen molar-refractivity contribution < 1.29 is 13.6 Å². The van der Waals surface area contributed by atoms with Gasteiger partial charge in [0.05, 0.1) is 17.4 Å². The van der Waals surface area contributed by atoms with Gasteiger partial charge in [-0.15, -0.1) is 5.73 Å². The lowest BCUT2D eigenvalue weighted by Crippen LogP contribution is -2.34. The Morgan fingerprint density at radius 3 is 2.38 bits per heavy atom. The fourth-order valence-corrected chi connectivity index (χ4v) is 3.25. The van der Waals surface area contributed by atoms with Crippen LogP contribution in [0.4, 0.5) is 8.78 Å². The highest BCUT2D eigenvalue weighted by molar-refractivity contribution is 6.11. The third-order valence-electron chi connectivity index (χ3n) is 4.85. The lowest BCUT2D eigenvalue weighted by Gasteiger charge is -2.31. The highest BCUT2D eigenvalue weighted by atomic mass is 19.3. The van der Waals surface area contributed by atoms with E-state index in [1.54, 1.807) is 13.0 Å². The molecular weight excluding hydrogens is 372 g/mol. The number of aliphatic imine (C=N–C) groups is 1. The van der Waals surface area contributed by atoms with Crippen molar-refractivity contribution in [2.24, 2.45) is 10.7 Å². The quantitative estimate of drug-likeness (QED) is 0.240. The second-order valence-electron chi connectivity index (χ2n) is 7.15. The average Bonchev–Trinajstić information content (AvgIpc) is 2.69. The summed E-state index contributed by atoms with van der Waals surface area (Å²) in [7, 11) is 0. The fraction of sp³-hybridized carbons (Fsp3) is 0.348. The summed E-state index contributed by atoms with van der Waals surface area (Å²) < 4.78 is 26.6. The lowest BCUT2D eigenvalue weighted by atomic mass is 10.0. The number of benzene rings is 1. The van der Waals surface area contributed by atoms with Crippen LogP contribution < -0.4 is 5.73 Å². The summed E-state index contributed by atoms with van der Waals surface area (Å²) in [5, 5.41) is 0. The minimum Gasteiger partial charge on any atom is -0.395 e. The number of alkyl halides is 2. The minimum absolute atomic E-state index is 0.0308. The highest BCUT2D eigenvalue weighted by Gasteiger charge is 2.24. The predicted molar refractivity (Wildman–Crippen MR) is 113 cm³/mol. The number of Topliss-reactive ketones (excluding diaryl/α,β-unsaturated/α-hetero) is 1. The third-order valence-corrected chi connectivity index (χ3v) is 4.85. The molecular formula is C23H27F2N3O. The van der Waals surface area contributed by atoms with Crippen molar-refractivity contribution in [2.45, 2.75) is 38.7 Å². The maximum absolute atomic E-state index is 13.3. The van der Waals surface area contributed by atoms with Gasteiger partial charge < -0.3 is 10.6 Å². The third kappa shape index (κ3) is 6.00. The molecule has 154 valence electrons. The smallest absolute Gasteiger partial charge is 0.270 e. The summed E-state index contributed by atoms with van der Waals surface area (Å²) in [5.41, 5.74) is 10.5. The topological polar surface area (TPSA) is 58.7 Å².